The molecule has 1 aromatic carbocycles. The van der Waals surface area contributed by atoms with E-state index in [4.69, 9.17) is 10.3 Å². The molecule has 0 spiro atoms. The van der Waals surface area contributed by atoms with E-state index >= 15 is 0 Å². The largest absolute Gasteiger partial charge is 0.338 e. The summed E-state index contributed by atoms with van der Waals surface area (Å²) in [5.74, 6) is 0.385. The number of nitrogens with two attached hydrogens (primary N) is 1. The molecule has 0 bridgehead atoms. The summed E-state index contributed by atoms with van der Waals surface area (Å²) in [6.45, 7) is 2.04. The van der Waals surface area contributed by atoms with E-state index in [-0.39, 0.29) is 12.4 Å². The zero-order valence-electron chi connectivity index (χ0n) is 8.20. The Morgan fingerprint density at radius 3 is 2.93 bits per heavy atom. The lowest BCUT2D eigenvalue weighted by Gasteiger charge is -1.99. The Morgan fingerprint density at radius 2 is 2.27 bits per heavy atom. The monoisotopic (exact) mass is 207 g/mol. The molecule has 15 heavy (non-hydrogen) atoms. The first-order valence-electron chi connectivity index (χ1n) is 4.50. The maximum Gasteiger partial charge on any atom is 0.240 e. The van der Waals surface area contributed by atoms with Crippen LogP contribution in [-0.2, 0) is 6.54 Å². The topological polar surface area (TPSA) is 64.9 Å². The lowest BCUT2D eigenvalue weighted by molar-refractivity contribution is 0.380. The molecule has 2 rings (SSSR count). The second-order valence-electron chi connectivity index (χ2n) is 3.18. The molecule has 0 amide bonds. The third-order valence-corrected chi connectivity index (χ3v) is 2.08. The molecule has 1 aromatic heterocycles. The maximum atomic E-state index is 13.0. The Bertz CT molecular complexity index is 481. The van der Waals surface area contributed by atoms with E-state index in [2.05, 4.69) is 10.1 Å². The molecule has 0 radical (unpaired) electrons. The third-order valence-electron chi connectivity index (χ3n) is 2.08. The van der Waals surface area contributed by atoms with Gasteiger partial charge in [0.05, 0.1) is 6.54 Å². The minimum atomic E-state index is -0.324. The molecule has 0 atom stereocenters. The number of aryl methyl sites for hydroxylation is 1. The summed E-state index contributed by atoms with van der Waals surface area (Å²) in [5.41, 5.74) is 6.85. The summed E-state index contributed by atoms with van der Waals surface area (Å²) in [5, 5.41) is 3.73. The molecule has 78 valence electrons. The standard InChI is InChI=1S/C10H10FN3O/c1-6-2-3-7(11)4-8(6)10-13-9(5-12)15-14-10/h2-4H,5,12H2,1H3. The van der Waals surface area contributed by atoms with Crippen molar-refractivity contribution in [3.63, 3.8) is 0 Å². The molecular formula is C10H10FN3O. The molecule has 2 aromatic rings. The Kier molecular flexibility index (Phi) is 2.47. The van der Waals surface area contributed by atoms with Gasteiger partial charge >= 0.3 is 0 Å². The van der Waals surface area contributed by atoms with Crippen LogP contribution in [0.4, 0.5) is 4.39 Å². The quantitative estimate of drug-likeness (QED) is 0.813. The average molecular weight is 207 g/mol. The highest BCUT2D eigenvalue weighted by atomic mass is 19.1. The van der Waals surface area contributed by atoms with Crippen LogP contribution in [0.5, 0.6) is 0 Å². The van der Waals surface area contributed by atoms with Gasteiger partial charge in [0, 0.05) is 5.56 Å². The van der Waals surface area contributed by atoms with Crippen molar-refractivity contribution >= 4 is 0 Å². The van der Waals surface area contributed by atoms with Gasteiger partial charge in [0.1, 0.15) is 5.82 Å². The van der Waals surface area contributed by atoms with Crippen molar-refractivity contribution in [1.82, 2.24) is 10.1 Å². The number of nitrogens with zero attached hydrogens (tertiary/aromatic N) is 2. The summed E-state index contributed by atoms with van der Waals surface area (Å²) in [6.07, 6.45) is 0. The number of hydrogen-bond acceptors (Lipinski definition) is 4. The zero-order valence-corrected chi connectivity index (χ0v) is 8.20. The number of hydrogen-bond donors (Lipinski definition) is 1. The van der Waals surface area contributed by atoms with Crippen LogP contribution in [0.2, 0.25) is 0 Å². The molecule has 0 saturated heterocycles. The SMILES string of the molecule is Cc1ccc(F)cc1-c1noc(CN)n1. The molecule has 4 nitrogen and oxygen atoms in total. The number of benzene rings is 1. The number of rotatable bonds is 2. The molecule has 0 saturated carbocycles. The normalized spacial score (nSPS) is 10.6. The van der Waals surface area contributed by atoms with E-state index in [0.29, 0.717) is 17.3 Å². The van der Waals surface area contributed by atoms with Gasteiger partial charge in [-0.3, -0.25) is 0 Å². The van der Waals surface area contributed by atoms with Gasteiger partial charge in [0.15, 0.2) is 0 Å². The van der Waals surface area contributed by atoms with Crippen LogP contribution >= 0.6 is 0 Å². The lowest BCUT2D eigenvalue weighted by atomic mass is 10.1. The second kappa shape index (κ2) is 3.78. The van der Waals surface area contributed by atoms with Crippen LogP contribution in [0.3, 0.4) is 0 Å². The highest BCUT2D eigenvalue weighted by molar-refractivity contribution is 5.59. The molecule has 0 unspecified atom stereocenters. The van der Waals surface area contributed by atoms with Gasteiger partial charge in [-0.15, -0.1) is 0 Å². The predicted octanol–water partition coefficient (Wildman–Crippen LogP) is 1.64. The van der Waals surface area contributed by atoms with Crippen molar-refractivity contribution in [3.05, 3.63) is 35.5 Å². The van der Waals surface area contributed by atoms with Crippen molar-refractivity contribution in [2.24, 2.45) is 5.73 Å². The van der Waals surface area contributed by atoms with Crippen molar-refractivity contribution in [1.29, 1.82) is 0 Å². The fourth-order valence-corrected chi connectivity index (χ4v) is 1.28. The molecule has 5 heteroatoms. The highest BCUT2D eigenvalue weighted by Gasteiger charge is 2.10. The van der Waals surface area contributed by atoms with E-state index in [0.717, 1.165) is 5.56 Å². The van der Waals surface area contributed by atoms with E-state index < -0.39 is 0 Å². The fourth-order valence-electron chi connectivity index (χ4n) is 1.28. The highest BCUT2D eigenvalue weighted by Crippen LogP contribution is 2.21. The first-order chi connectivity index (χ1) is 7.20. The van der Waals surface area contributed by atoms with Crippen LogP contribution in [-0.4, -0.2) is 10.1 Å². The van der Waals surface area contributed by atoms with Crippen LogP contribution in [0.15, 0.2) is 22.7 Å². The zero-order chi connectivity index (χ0) is 10.8. The van der Waals surface area contributed by atoms with E-state index in [1.165, 1.54) is 12.1 Å². The Labute approximate surface area is 85.9 Å². The second-order valence-corrected chi connectivity index (χ2v) is 3.18. The van der Waals surface area contributed by atoms with E-state index in [1.54, 1.807) is 6.07 Å². The van der Waals surface area contributed by atoms with Crippen molar-refractivity contribution in [3.8, 4) is 11.4 Å². The summed E-state index contributed by atoms with van der Waals surface area (Å²) in [6, 6.07) is 4.44. The lowest BCUT2D eigenvalue weighted by Crippen LogP contribution is -1.96. The van der Waals surface area contributed by atoms with E-state index in [1.807, 2.05) is 6.92 Å². The molecule has 0 aliphatic carbocycles. The van der Waals surface area contributed by atoms with Gasteiger partial charge in [0.2, 0.25) is 11.7 Å². The van der Waals surface area contributed by atoms with Gasteiger partial charge in [0.25, 0.3) is 0 Å². The van der Waals surface area contributed by atoms with Crippen LogP contribution in [0.25, 0.3) is 11.4 Å². The summed E-state index contributed by atoms with van der Waals surface area (Å²) in [4.78, 5) is 4.03. The maximum absolute atomic E-state index is 13.0. The molecule has 1 heterocycles. The van der Waals surface area contributed by atoms with Gasteiger partial charge in [-0.2, -0.15) is 4.98 Å². The van der Waals surface area contributed by atoms with Crippen LogP contribution < -0.4 is 5.73 Å². The van der Waals surface area contributed by atoms with Gasteiger partial charge in [-0.25, -0.2) is 4.39 Å². The predicted molar refractivity (Wildman–Crippen MR) is 52.3 cm³/mol. The van der Waals surface area contributed by atoms with Crippen molar-refractivity contribution in [2.45, 2.75) is 13.5 Å². The third kappa shape index (κ3) is 1.87. The van der Waals surface area contributed by atoms with Crippen molar-refractivity contribution < 1.29 is 8.91 Å². The molecule has 0 fully saturated rings. The Balaban J connectivity index is 2.48. The molecular weight excluding hydrogens is 197 g/mol. The Hall–Kier alpha value is -1.75. The van der Waals surface area contributed by atoms with Crippen LogP contribution in [0.1, 0.15) is 11.5 Å². The smallest absolute Gasteiger partial charge is 0.240 e. The average Bonchev–Trinajstić information content (AvgIpc) is 2.70. The molecule has 0 aliphatic heterocycles. The number of aromatic nitrogens is 2. The minimum Gasteiger partial charge on any atom is -0.338 e. The van der Waals surface area contributed by atoms with Gasteiger partial charge < -0.3 is 10.3 Å². The van der Waals surface area contributed by atoms with Crippen molar-refractivity contribution in [2.75, 3.05) is 0 Å². The Morgan fingerprint density at radius 1 is 1.47 bits per heavy atom. The first kappa shape index (κ1) is 9.79. The fraction of sp³-hybridized carbons (Fsp3) is 0.200. The summed E-state index contributed by atoms with van der Waals surface area (Å²) >= 11 is 0. The first-order valence-corrected chi connectivity index (χ1v) is 4.50. The van der Waals surface area contributed by atoms with E-state index in [9.17, 15) is 4.39 Å². The molecule has 0 aliphatic rings. The molecule has 2 N–H and O–H groups in total. The summed E-state index contributed by atoms with van der Waals surface area (Å²) < 4.78 is 17.9. The number of halogens is 1. The van der Waals surface area contributed by atoms with Crippen LogP contribution in [0, 0.1) is 12.7 Å². The minimum absolute atomic E-state index is 0.182. The summed E-state index contributed by atoms with van der Waals surface area (Å²) in [7, 11) is 0. The van der Waals surface area contributed by atoms with Gasteiger partial charge in [-0.05, 0) is 24.6 Å². The van der Waals surface area contributed by atoms with Gasteiger partial charge in [-0.1, -0.05) is 11.2 Å².